The van der Waals surface area contributed by atoms with Gasteiger partial charge in [-0.05, 0) is 113 Å². The number of anilines is 1. The number of carbonyl (C=O) groups is 2. The molecule has 1 aromatic heterocycles. The number of aromatic amines is 1. The van der Waals surface area contributed by atoms with Gasteiger partial charge in [0.2, 0.25) is 0 Å². The maximum Gasteiger partial charge on any atom is 0.373 e. The van der Waals surface area contributed by atoms with E-state index in [1.165, 1.54) is 22.2 Å². The highest BCUT2D eigenvalue weighted by molar-refractivity contribution is 5.91. The molecule has 14 nitrogen and oxygen atoms in total. The zero-order valence-corrected chi connectivity index (χ0v) is 37.8. The number of esters is 1. The molecule has 1 saturated carbocycles. The largest absolute Gasteiger partial charge is 0.461 e. The first kappa shape index (κ1) is 45.2. The summed E-state index contributed by atoms with van der Waals surface area (Å²) in [5, 5.41) is 42.2. The zero-order valence-electron chi connectivity index (χ0n) is 37.8. The molecule has 1 aliphatic carbocycles. The second-order valence-corrected chi connectivity index (χ2v) is 19.9. The van der Waals surface area contributed by atoms with Crippen LogP contribution < -0.4 is 16.0 Å². The summed E-state index contributed by atoms with van der Waals surface area (Å²) in [6.45, 7) is 14.8. The summed E-state index contributed by atoms with van der Waals surface area (Å²) >= 11 is 0. The van der Waals surface area contributed by atoms with Gasteiger partial charge in [0.05, 0.1) is 18.2 Å². The molecule has 5 aliphatic heterocycles. The molecule has 63 heavy (non-hydrogen) atoms. The van der Waals surface area contributed by atoms with Crippen molar-refractivity contribution >= 4 is 34.6 Å². The lowest BCUT2D eigenvalue weighted by molar-refractivity contribution is -0.402. The number of nitrogens with one attached hydrogen (secondary N) is 2. The second-order valence-electron chi connectivity index (χ2n) is 19.9. The van der Waals surface area contributed by atoms with E-state index < -0.39 is 57.5 Å². The van der Waals surface area contributed by atoms with Crippen LogP contribution in [0.15, 0.2) is 48.6 Å². The third kappa shape index (κ3) is 6.82. The number of hydrogen-bond acceptors (Lipinski definition) is 11. The Balaban J connectivity index is 0.00000177. The minimum absolute atomic E-state index is 0.118. The molecule has 3 fully saturated rings. The van der Waals surface area contributed by atoms with E-state index in [9.17, 15) is 24.9 Å². The van der Waals surface area contributed by atoms with Gasteiger partial charge in [0.25, 0.3) is 5.91 Å². The van der Waals surface area contributed by atoms with E-state index >= 15 is 0 Å². The first-order valence-electron chi connectivity index (χ1n) is 23.0. The molecule has 9 rings (SSSR count). The number of likely N-dealkylation sites (N-methyl/N-ethyl adjacent to an activating group) is 1. The normalized spacial score (nSPS) is 35.7. The number of ether oxygens (including phenoxy) is 1. The number of rotatable bonds is 9. The van der Waals surface area contributed by atoms with E-state index in [0.717, 1.165) is 80.6 Å². The van der Waals surface area contributed by atoms with Gasteiger partial charge in [-0.3, -0.25) is 14.6 Å². The van der Waals surface area contributed by atoms with Crippen LogP contribution in [-0.4, -0.2) is 136 Å². The monoisotopic (exact) mass is 868 g/mol. The average Bonchev–Trinajstić information content (AvgIpc) is 3.92. The Hall–Kier alpha value is -4.40. The highest BCUT2D eigenvalue weighted by atomic mass is 16.5. The third-order valence-corrected chi connectivity index (χ3v) is 16.3. The molecule has 1 amide bonds. The number of aliphatic hydroxyl groups is 3. The van der Waals surface area contributed by atoms with Gasteiger partial charge in [0.15, 0.2) is 11.6 Å². The van der Waals surface area contributed by atoms with Gasteiger partial charge in [-0.15, -0.1) is 0 Å². The maximum absolute atomic E-state index is 14.8. The highest BCUT2D eigenvalue weighted by Gasteiger charge is 2.78. The Kier molecular flexibility index (Phi) is 11.9. The summed E-state index contributed by atoms with van der Waals surface area (Å²) in [5.74, 6) is -0.745. The van der Waals surface area contributed by atoms with Crippen molar-refractivity contribution in [3.8, 4) is 0 Å². The summed E-state index contributed by atoms with van der Waals surface area (Å²) in [5.41, 5.74) is 6.98. The molecule has 11 atom stereocenters. The van der Waals surface area contributed by atoms with Gasteiger partial charge in [0.1, 0.15) is 6.10 Å². The number of fused-ring (bicyclic) bond motifs is 6. The lowest BCUT2D eigenvalue weighted by atomic mass is 9.47. The van der Waals surface area contributed by atoms with Gasteiger partial charge in [-0.25, -0.2) is 4.79 Å². The highest BCUT2D eigenvalue weighted by Crippen LogP contribution is 2.67. The summed E-state index contributed by atoms with van der Waals surface area (Å²) in [6, 6.07) is 12.0. The van der Waals surface area contributed by atoms with Crippen molar-refractivity contribution in [2.24, 2.45) is 11.3 Å². The maximum atomic E-state index is 14.8. The Morgan fingerprint density at radius 1 is 1.08 bits per heavy atom. The summed E-state index contributed by atoms with van der Waals surface area (Å²) in [4.78, 5) is 54.1. The van der Waals surface area contributed by atoms with Crippen LogP contribution in [-0.2, 0) is 41.2 Å². The Morgan fingerprint density at radius 2 is 1.83 bits per heavy atom. The van der Waals surface area contributed by atoms with Gasteiger partial charge >= 0.3 is 12.1 Å². The van der Waals surface area contributed by atoms with Gasteiger partial charge in [-0.1, -0.05) is 50.3 Å². The van der Waals surface area contributed by atoms with Crippen LogP contribution in [0.3, 0.4) is 0 Å². The van der Waals surface area contributed by atoms with Crippen LogP contribution in [0, 0.1) is 18.3 Å². The van der Waals surface area contributed by atoms with Gasteiger partial charge in [-0.2, -0.15) is 9.59 Å². The van der Waals surface area contributed by atoms with Crippen molar-refractivity contribution in [1.82, 2.24) is 20.1 Å². The number of quaternary nitrogens is 1. The fraction of sp³-hybridized carbons (Fsp3) is 0.612. The number of aromatic nitrogens is 1. The minimum Gasteiger partial charge on any atom is -0.461 e. The lowest BCUT2D eigenvalue weighted by Gasteiger charge is -2.63. The lowest BCUT2D eigenvalue weighted by Crippen LogP contribution is -2.81. The standard InChI is InChI=1S/C48H66N6O6.CO2/c1-7-45(58)26-31-25-44(5,38-33(15-20-53(27-31)28-45)32-13-9-10-14-36(32)51-38)34-24-35-37(23-29(34)3)52(6)41-47(35)17-21-54-19-11-16-46(8-2,40(47)54)42(56)48(41,59)43(57)50-18-12-22-60-39(55)30(4)49;2-1-3/h9-11,13-14,16,23-24,30-31,40-42,51,56,58-59H,7-8,12,15,17-22,25-28,49H2,1-6H3,(H,50,57);/p+1/t30?,31-,40?,41?,42+,44+,45?,46+,47?,48-;/m0./s1. The van der Waals surface area contributed by atoms with Crippen LogP contribution in [0.5, 0.6) is 0 Å². The molecule has 8 N–H and O–H groups in total. The molecule has 2 saturated heterocycles. The predicted molar refractivity (Wildman–Crippen MR) is 237 cm³/mol. The molecule has 2 aromatic carbocycles. The van der Waals surface area contributed by atoms with Crippen molar-refractivity contribution in [1.29, 1.82) is 0 Å². The summed E-state index contributed by atoms with van der Waals surface area (Å²) < 4.78 is 5.32. The van der Waals surface area contributed by atoms with E-state index in [0.29, 0.717) is 19.4 Å². The van der Waals surface area contributed by atoms with Crippen LogP contribution in [0.25, 0.3) is 10.9 Å². The molecule has 0 radical (unpaired) electrons. The van der Waals surface area contributed by atoms with Gasteiger partial charge < -0.3 is 41.0 Å². The van der Waals surface area contributed by atoms with Gasteiger partial charge in [0, 0.05) is 84.3 Å². The predicted octanol–water partition coefficient (Wildman–Crippen LogP) is 2.49. The number of para-hydroxylation sites is 1. The number of benzene rings is 2. The molecule has 6 unspecified atom stereocenters. The SMILES string of the molecule is CCC1(O)C[C@H]2CN(CCc3c([nH]c4ccccc34)[C@@](C)(c3cc4c(cc3C)N(C)C3C45CCN4CC=C[C@](CC)(C45)[C@@H](O)[C@]3(O)C(=O)NCCCOC(=O)C(C)[NH3+])C2)C1.O=C=O. The van der Waals surface area contributed by atoms with E-state index in [1.54, 1.807) is 6.92 Å². The van der Waals surface area contributed by atoms with E-state index in [-0.39, 0.29) is 31.3 Å². The average molecular weight is 868 g/mol. The van der Waals surface area contributed by atoms with Crippen molar-refractivity contribution in [2.75, 3.05) is 57.8 Å². The summed E-state index contributed by atoms with van der Waals surface area (Å²) in [7, 11) is 1.99. The first-order valence-corrected chi connectivity index (χ1v) is 23.0. The van der Waals surface area contributed by atoms with Crippen molar-refractivity contribution in [3.63, 3.8) is 0 Å². The first-order chi connectivity index (χ1) is 30.0. The molecular formula is C49H67N6O8+. The quantitative estimate of drug-likeness (QED) is 0.105. The zero-order chi connectivity index (χ0) is 45.3. The van der Waals surface area contributed by atoms with Crippen molar-refractivity contribution in [3.05, 3.63) is 76.5 Å². The van der Waals surface area contributed by atoms with Crippen LogP contribution >= 0.6 is 0 Å². The number of piperidine rings is 1. The molecule has 6 aliphatic rings. The van der Waals surface area contributed by atoms with Crippen molar-refractivity contribution < 1.29 is 45.0 Å². The number of amides is 1. The Bertz CT molecular complexity index is 2320. The number of aryl methyl sites for hydroxylation is 1. The molecule has 340 valence electrons. The molecule has 14 heteroatoms. The fourth-order valence-electron chi connectivity index (χ4n) is 13.8. The van der Waals surface area contributed by atoms with Crippen LogP contribution in [0.1, 0.15) is 94.2 Å². The number of carbonyl (C=O) groups excluding carboxylic acids is 4. The molecule has 6 heterocycles. The number of H-pyrrole nitrogens is 1. The van der Waals surface area contributed by atoms with E-state index in [2.05, 4.69) is 107 Å². The molecule has 3 aromatic rings. The Morgan fingerprint density at radius 3 is 2.54 bits per heavy atom. The summed E-state index contributed by atoms with van der Waals surface area (Å²) in [6.07, 6.45) is 7.91. The number of hydrogen-bond donors (Lipinski definition) is 6. The van der Waals surface area contributed by atoms with E-state index in [4.69, 9.17) is 14.3 Å². The minimum atomic E-state index is -2.17. The number of aliphatic hydroxyl groups excluding tert-OH is 1. The van der Waals surface area contributed by atoms with E-state index in [1.807, 2.05) is 7.05 Å². The van der Waals surface area contributed by atoms with Crippen molar-refractivity contribution in [2.45, 2.75) is 126 Å². The fourth-order valence-corrected chi connectivity index (χ4v) is 13.8. The molecule has 2 bridgehead atoms. The van der Waals surface area contributed by atoms with Crippen LogP contribution in [0.2, 0.25) is 0 Å². The third-order valence-electron chi connectivity index (χ3n) is 16.3. The Labute approximate surface area is 370 Å². The molecular weight excluding hydrogens is 801 g/mol. The smallest absolute Gasteiger partial charge is 0.373 e. The number of nitrogens with zero attached hydrogens (tertiary/aromatic N) is 3. The van der Waals surface area contributed by atoms with Crippen LogP contribution in [0.4, 0.5) is 5.69 Å². The second kappa shape index (κ2) is 16.5. The topological polar surface area (TPSA) is 203 Å². The molecule has 1 spiro atoms.